The van der Waals surface area contributed by atoms with E-state index in [9.17, 15) is 10.1 Å². The molecule has 0 atom stereocenters. The van der Waals surface area contributed by atoms with Crippen molar-refractivity contribution in [3.8, 4) is 17.3 Å². The van der Waals surface area contributed by atoms with Crippen molar-refractivity contribution in [3.05, 3.63) is 35.5 Å². The zero-order chi connectivity index (χ0) is 25.4. The highest BCUT2D eigenvalue weighted by atomic mass is 35.5. The van der Waals surface area contributed by atoms with Gasteiger partial charge in [0.25, 0.3) is 0 Å². The first-order valence-electron chi connectivity index (χ1n) is 12.4. The van der Waals surface area contributed by atoms with E-state index in [-0.39, 0.29) is 24.6 Å². The molecule has 0 aromatic carbocycles. The van der Waals surface area contributed by atoms with Crippen molar-refractivity contribution in [2.24, 2.45) is 5.41 Å². The van der Waals surface area contributed by atoms with Gasteiger partial charge in [-0.05, 0) is 56.7 Å². The van der Waals surface area contributed by atoms with Crippen LogP contribution in [0.25, 0.3) is 11.3 Å². The topological polar surface area (TPSA) is 121 Å². The van der Waals surface area contributed by atoms with Gasteiger partial charge in [0.1, 0.15) is 18.2 Å². The molecule has 1 amide bonds. The maximum atomic E-state index is 11.8. The van der Waals surface area contributed by atoms with Crippen LogP contribution in [0.5, 0.6) is 0 Å². The molecule has 0 unspecified atom stereocenters. The Labute approximate surface area is 216 Å². The molecule has 4 rings (SSSR count). The molecule has 0 radical (unpaired) electrons. The lowest BCUT2D eigenvalue weighted by Crippen LogP contribution is -2.41. The van der Waals surface area contributed by atoms with Gasteiger partial charge in [0.05, 0.1) is 22.2 Å². The normalized spacial score (nSPS) is 21.2. The molecule has 0 spiro atoms. The number of hydrogen-bond acceptors (Lipinski definition) is 8. The highest BCUT2D eigenvalue weighted by Gasteiger charge is 2.32. The van der Waals surface area contributed by atoms with Crippen LogP contribution in [0.3, 0.4) is 0 Å². The van der Waals surface area contributed by atoms with Crippen molar-refractivity contribution < 1.29 is 14.3 Å². The fraction of sp³-hybridized carbons (Fsp3) is 0.538. The molecule has 10 heteroatoms. The van der Waals surface area contributed by atoms with Crippen molar-refractivity contribution in [2.75, 3.05) is 44.1 Å². The minimum absolute atomic E-state index is 0.0716. The monoisotopic (exact) mass is 512 g/mol. The van der Waals surface area contributed by atoms with E-state index in [4.69, 9.17) is 26.1 Å². The maximum absolute atomic E-state index is 11.8. The number of anilines is 2. The van der Waals surface area contributed by atoms with Crippen LogP contribution in [-0.4, -0.2) is 61.4 Å². The molecule has 1 saturated heterocycles. The number of carbonyl (C=O) groups is 1. The summed E-state index contributed by atoms with van der Waals surface area (Å²) in [5, 5.41) is 20.1. The molecule has 3 heterocycles. The molecule has 1 aliphatic heterocycles. The van der Waals surface area contributed by atoms with Crippen LogP contribution in [0.15, 0.2) is 30.5 Å². The number of methoxy groups -OCH3 is 1. The zero-order valence-corrected chi connectivity index (χ0v) is 21.3. The van der Waals surface area contributed by atoms with Gasteiger partial charge in [-0.15, -0.1) is 0 Å². The van der Waals surface area contributed by atoms with E-state index < -0.39 is 5.41 Å². The quantitative estimate of drug-likeness (QED) is 0.460. The number of aromatic nitrogens is 2. The molecule has 1 saturated carbocycles. The first-order valence-corrected chi connectivity index (χ1v) is 12.8. The Hall–Kier alpha value is -2.93. The van der Waals surface area contributed by atoms with Crippen molar-refractivity contribution in [3.63, 3.8) is 0 Å². The van der Waals surface area contributed by atoms with Crippen LogP contribution in [0.1, 0.15) is 38.5 Å². The van der Waals surface area contributed by atoms with E-state index in [0.29, 0.717) is 43.4 Å². The number of amides is 1. The molecular weight excluding hydrogens is 480 g/mol. The second-order valence-corrected chi connectivity index (χ2v) is 9.92. The lowest BCUT2D eigenvalue weighted by atomic mass is 9.82. The minimum atomic E-state index is -0.438. The number of pyridine rings is 2. The third-order valence-electron chi connectivity index (χ3n) is 6.90. The van der Waals surface area contributed by atoms with Gasteiger partial charge < -0.3 is 25.4 Å². The van der Waals surface area contributed by atoms with E-state index >= 15 is 0 Å². The average molecular weight is 513 g/mol. The Kier molecular flexibility index (Phi) is 8.97. The number of halogens is 1. The van der Waals surface area contributed by atoms with Crippen LogP contribution in [0.4, 0.5) is 11.6 Å². The second-order valence-electron chi connectivity index (χ2n) is 9.51. The lowest BCUT2D eigenvalue weighted by molar-refractivity contribution is -0.125. The molecule has 2 fully saturated rings. The van der Waals surface area contributed by atoms with E-state index in [1.54, 1.807) is 6.20 Å². The first-order chi connectivity index (χ1) is 17.5. The summed E-state index contributed by atoms with van der Waals surface area (Å²) in [6, 6.07) is 10.6. The molecule has 2 aromatic rings. The second kappa shape index (κ2) is 12.3. The third-order valence-corrected chi connectivity index (χ3v) is 7.20. The average Bonchev–Trinajstić information content (AvgIpc) is 2.90. The fourth-order valence-electron chi connectivity index (χ4n) is 4.74. The van der Waals surface area contributed by atoms with Crippen LogP contribution in [0.2, 0.25) is 5.02 Å². The lowest BCUT2D eigenvalue weighted by Gasteiger charge is -2.30. The molecule has 2 aromatic heterocycles. The molecule has 1 aliphatic carbocycles. The Bertz CT molecular complexity index is 1080. The van der Waals surface area contributed by atoms with Crippen molar-refractivity contribution in [1.82, 2.24) is 15.3 Å². The highest BCUT2D eigenvalue weighted by molar-refractivity contribution is 6.33. The summed E-state index contributed by atoms with van der Waals surface area (Å²) in [6.45, 7) is 1.83. The smallest absolute Gasteiger partial charge is 0.246 e. The standard InChI is InChI=1S/C26H33ClN6O3/c1-35-15-25(34)32-19-7-5-18(6-8-19)31-24-13-20(21(27)14-29-24)22-3-2-4-23(33-22)30-17-26(16-28)9-11-36-12-10-26/h2-4,13-14,18-19H,5-12,15,17H2,1H3,(H,29,31)(H,30,33)(H,32,34). The Morgan fingerprint density at radius 1 is 1.22 bits per heavy atom. The molecule has 192 valence electrons. The van der Waals surface area contributed by atoms with Crippen LogP contribution < -0.4 is 16.0 Å². The predicted octanol–water partition coefficient (Wildman–Crippen LogP) is 4.01. The number of nitrogens with zero attached hydrogens (tertiary/aromatic N) is 3. The van der Waals surface area contributed by atoms with E-state index in [1.807, 2.05) is 24.3 Å². The van der Waals surface area contributed by atoms with Gasteiger partial charge in [0.15, 0.2) is 0 Å². The van der Waals surface area contributed by atoms with Crippen molar-refractivity contribution in [1.29, 1.82) is 5.26 Å². The third kappa shape index (κ3) is 6.84. The van der Waals surface area contributed by atoms with Crippen molar-refractivity contribution >= 4 is 29.1 Å². The molecule has 9 nitrogen and oxygen atoms in total. The van der Waals surface area contributed by atoms with Crippen LogP contribution in [0, 0.1) is 16.7 Å². The summed E-state index contributed by atoms with van der Waals surface area (Å²) in [4.78, 5) is 21.0. The number of nitrogens with one attached hydrogen (secondary N) is 3. The molecule has 3 N–H and O–H groups in total. The summed E-state index contributed by atoms with van der Waals surface area (Å²) < 4.78 is 10.3. The SMILES string of the molecule is COCC(=O)NC1CCC(Nc2cc(-c3cccc(NCC4(C#N)CCOCC4)n3)c(Cl)cn2)CC1. The largest absolute Gasteiger partial charge is 0.381 e. The fourth-order valence-corrected chi connectivity index (χ4v) is 4.94. The van der Waals surface area contributed by atoms with Gasteiger partial charge in [-0.1, -0.05) is 17.7 Å². The van der Waals surface area contributed by atoms with Gasteiger partial charge in [-0.25, -0.2) is 9.97 Å². The summed E-state index contributed by atoms with van der Waals surface area (Å²) >= 11 is 6.50. The summed E-state index contributed by atoms with van der Waals surface area (Å²) in [5.74, 6) is 1.37. The maximum Gasteiger partial charge on any atom is 0.246 e. The number of hydrogen-bond donors (Lipinski definition) is 3. The molecule has 0 bridgehead atoms. The Morgan fingerprint density at radius 2 is 1.97 bits per heavy atom. The Balaban J connectivity index is 1.38. The minimum Gasteiger partial charge on any atom is -0.381 e. The number of nitriles is 1. The molecule has 2 aliphatic rings. The van der Waals surface area contributed by atoms with Crippen molar-refractivity contribution in [2.45, 2.75) is 50.6 Å². The summed E-state index contributed by atoms with van der Waals surface area (Å²) in [7, 11) is 1.52. The van der Waals surface area contributed by atoms with Crippen LogP contribution in [-0.2, 0) is 14.3 Å². The summed E-state index contributed by atoms with van der Waals surface area (Å²) in [5.41, 5.74) is 1.09. The van der Waals surface area contributed by atoms with Gasteiger partial charge in [-0.3, -0.25) is 4.79 Å². The number of ether oxygens (including phenoxy) is 2. The Morgan fingerprint density at radius 3 is 2.69 bits per heavy atom. The molecule has 36 heavy (non-hydrogen) atoms. The molecular formula is C26H33ClN6O3. The predicted molar refractivity (Wildman–Crippen MR) is 139 cm³/mol. The van der Waals surface area contributed by atoms with E-state index in [2.05, 4.69) is 27.0 Å². The first kappa shape index (κ1) is 26.1. The van der Waals surface area contributed by atoms with Crippen LogP contribution >= 0.6 is 11.6 Å². The van der Waals surface area contributed by atoms with E-state index in [0.717, 1.165) is 42.8 Å². The summed E-state index contributed by atoms with van der Waals surface area (Å²) in [6.07, 6.45) is 6.73. The van der Waals surface area contributed by atoms with Gasteiger partial charge in [0, 0.05) is 50.7 Å². The van der Waals surface area contributed by atoms with Gasteiger partial charge in [0.2, 0.25) is 5.91 Å². The van der Waals surface area contributed by atoms with Gasteiger partial charge >= 0.3 is 0 Å². The van der Waals surface area contributed by atoms with Gasteiger partial charge in [-0.2, -0.15) is 5.26 Å². The zero-order valence-electron chi connectivity index (χ0n) is 20.6. The highest BCUT2D eigenvalue weighted by Crippen LogP contribution is 2.32. The number of carbonyl (C=O) groups excluding carboxylic acids is 1. The number of rotatable bonds is 9. The van der Waals surface area contributed by atoms with E-state index in [1.165, 1.54) is 7.11 Å².